The second-order valence-electron chi connectivity index (χ2n) is 4.33. The van der Waals surface area contributed by atoms with Crippen LogP contribution in [0, 0.1) is 5.92 Å². The smallest absolute Gasteiger partial charge is 0.138 e. The highest BCUT2D eigenvalue weighted by Gasteiger charge is 2.20. The summed E-state index contributed by atoms with van der Waals surface area (Å²) in [6, 6.07) is 3.89. The van der Waals surface area contributed by atoms with E-state index in [-0.39, 0.29) is 0 Å². The number of hydrogen-bond donors (Lipinski definition) is 0. The van der Waals surface area contributed by atoms with E-state index in [9.17, 15) is 0 Å². The van der Waals surface area contributed by atoms with Gasteiger partial charge < -0.3 is 4.74 Å². The number of aromatic nitrogens is 1. The van der Waals surface area contributed by atoms with Crippen molar-refractivity contribution in [1.29, 1.82) is 0 Å². The molecule has 2 nitrogen and oxygen atoms in total. The largest absolute Gasteiger partial charge is 0.489 e. The number of nitrogens with zero attached hydrogens (tertiary/aromatic N) is 1. The summed E-state index contributed by atoms with van der Waals surface area (Å²) in [6.45, 7) is 2.30. The van der Waals surface area contributed by atoms with Crippen LogP contribution in [0.15, 0.2) is 22.9 Å². The van der Waals surface area contributed by atoms with E-state index in [1.54, 1.807) is 6.20 Å². The van der Waals surface area contributed by atoms with Crippen molar-refractivity contribution in [3.63, 3.8) is 0 Å². The molecule has 0 bridgehead atoms. The van der Waals surface area contributed by atoms with Crippen molar-refractivity contribution in [3.8, 4) is 5.75 Å². The van der Waals surface area contributed by atoms with Crippen molar-refractivity contribution in [3.05, 3.63) is 22.9 Å². The van der Waals surface area contributed by atoms with Crippen LogP contribution < -0.4 is 4.74 Å². The molecule has 15 heavy (non-hydrogen) atoms. The highest BCUT2D eigenvalue weighted by Crippen LogP contribution is 2.27. The summed E-state index contributed by atoms with van der Waals surface area (Å²) >= 11 is 3.31. The molecular weight excluding hydrogens is 254 g/mol. The van der Waals surface area contributed by atoms with Gasteiger partial charge in [-0.1, -0.05) is 13.3 Å². The second-order valence-corrected chi connectivity index (χ2v) is 5.14. The van der Waals surface area contributed by atoms with Gasteiger partial charge in [0.2, 0.25) is 0 Å². The summed E-state index contributed by atoms with van der Waals surface area (Å²) in [5.74, 6) is 1.68. The zero-order valence-electron chi connectivity index (χ0n) is 8.95. The Kier molecular flexibility index (Phi) is 3.62. The van der Waals surface area contributed by atoms with Gasteiger partial charge in [0.05, 0.1) is 12.3 Å². The molecule has 2 atom stereocenters. The highest BCUT2D eigenvalue weighted by atomic mass is 79.9. The zero-order chi connectivity index (χ0) is 10.7. The van der Waals surface area contributed by atoms with Gasteiger partial charge in [-0.2, -0.15) is 0 Å². The first kappa shape index (κ1) is 10.9. The fraction of sp³-hybridized carbons (Fsp3) is 0.583. The maximum atomic E-state index is 5.90. The predicted molar refractivity (Wildman–Crippen MR) is 64.0 cm³/mol. The Balaban J connectivity index is 1.93. The van der Waals surface area contributed by atoms with E-state index in [0.29, 0.717) is 6.10 Å². The molecule has 1 aromatic heterocycles. The Hall–Kier alpha value is -0.570. The van der Waals surface area contributed by atoms with Gasteiger partial charge in [0.1, 0.15) is 10.4 Å². The van der Waals surface area contributed by atoms with Crippen LogP contribution in [0.2, 0.25) is 0 Å². The van der Waals surface area contributed by atoms with Crippen LogP contribution in [0.25, 0.3) is 0 Å². The molecule has 0 amide bonds. The fourth-order valence-corrected chi connectivity index (χ4v) is 2.34. The minimum absolute atomic E-state index is 0.386. The molecule has 1 heterocycles. The molecule has 0 radical (unpaired) electrons. The Morgan fingerprint density at radius 2 is 2.27 bits per heavy atom. The summed E-state index contributed by atoms with van der Waals surface area (Å²) in [7, 11) is 0. The van der Waals surface area contributed by atoms with Crippen LogP contribution in [-0.4, -0.2) is 11.1 Å². The quantitative estimate of drug-likeness (QED) is 0.762. The number of hydrogen-bond acceptors (Lipinski definition) is 2. The van der Waals surface area contributed by atoms with Gasteiger partial charge in [-0.25, -0.2) is 4.98 Å². The molecule has 2 unspecified atom stereocenters. The van der Waals surface area contributed by atoms with Crippen molar-refractivity contribution in [2.45, 2.75) is 38.7 Å². The summed E-state index contributed by atoms with van der Waals surface area (Å²) in [6.07, 6.45) is 7.16. The third-order valence-corrected chi connectivity index (χ3v) is 3.36. The highest BCUT2D eigenvalue weighted by molar-refractivity contribution is 9.10. The van der Waals surface area contributed by atoms with E-state index in [1.165, 1.54) is 25.7 Å². The summed E-state index contributed by atoms with van der Waals surface area (Å²) in [4.78, 5) is 4.16. The van der Waals surface area contributed by atoms with E-state index in [0.717, 1.165) is 16.3 Å². The van der Waals surface area contributed by atoms with Crippen molar-refractivity contribution >= 4 is 15.9 Å². The number of pyridine rings is 1. The molecular formula is C12H16BrNO. The lowest BCUT2D eigenvalue weighted by Crippen LogP contribution is -2.24. The molecule has 1 aliphatic rings. The van der Waals surface area contributed by atoms with E-state index < -0.39 is 0 Å². The standard InChI is InChI=1S/C12H16BrNO/c1-9-3-2-4-10(7-9)15-11-5-6-12(13)14-8-11/h5-6,8-10H,2-4,7H2,1H3. The van der Waals surface area contributed by atoms with Crippen molar-refractivity contribution in [1.82, 2.24) is 4.98 Å². The molecule has 2 rings (SSSR count). The molecule has 0 spiro atoms. The molecule has 0 aromatic carbocycles. The van der Waals surface area contributed by atoms with E-state index in [1.807, 2.05) is 12.1 Å². The van der Waals surface area contributed by atoms with Crippen molar-refractivity contribution in [2.75, 3.05) is 0 Å². The first-order valence-electron chi connectivity index (χ1n) is 5.52. The minimum Gasteiger partial charge on any atom is -0.489 e. The summed E-state index contributed by atoms with van der Waals surface area (Å²) in [5.41, 5.74) is 0. The molecule has 0 N–H and O–H groups in total. The first-order chi connectivity index (χ1) is 7.24. The second kappa shape index (κ2) is 4.97. The Bertz CT molecular complexity index is 312. The van der Waals surface area contributed by atoms with Crippen LogP contribution in [0.3, 0.4) is 0 Å². The van der Waals surface area contributed by atoms with Gasteiger partial charge in [0.15, 0.2) is 0 Å². The lowest BCUT2D eigenvalue weighted by molar-refractivity contribution is 0.128. The van der Waals surface area contributed by atoms with Crippen LogP contribution in [-0.2, 0) is 0 Å². The van der Waals surface area contributed by atoms with Gasteiger partial charge in [-0.05, 0) is 53.2 Å². The first-order valence-corrected chi connectivity index (χ1v) is 6.31. The van der Waals surface area contributed by atoms with Crippen molar-refractivity contribution in [2.24, 2.45) is 5.92 Å². The maximum Gasteiger partial charge on any atom is 0.138 e. The van der Waals surface area contributed by atoms with E-state index >= 15 is 0 Å². The molecule has 1 aliphatic carbocycles. The third-order valence-electron chi connectivity index (χ3n) is 2.89. The van der Waals surface area contributed by atoms with Gasteiger partial charge in [-0.15, -0.1) is 0 Å². The van der Waals surface area contributed by atoms with Gasteiger partial charge in [-0.3, -0.25) is 0 Å². The SMILES string of the molecule is CC1CCCC(Oc2ccc(Br)nc2)C1. The van der Waals surface area contributed by atoms with Crippen LogP contribution in [0.1, 0.15) is 32.6 Å². The van der Waals surface area contributed by atoms with E-state index in [4.69, 9.17) is 4.74 Å². The molecule has 1 saturated carbocycles. The molecule has 1 fully saturated rings. The predicted octanol–water partition coefficient (Wildman–Crippen LogP) is 3.80. The number of rotatable bonds is 2. The third kappa shape index (κ3) is 3.20. The topological polar surface area (TPSA) is 22.1 Å². The molecule has 3 heteroatoms. The molecule has 1 aromatic rings. The van der Waals surface area contributed by atoms with E-state index in [2.05, 4.69) is 27.8 Å². The Labute approximate surface area is 99.2 Å². The number of halogens is 1. The van der Waals surface area contributed by atoms with Crippen molar-refractivity contribution < 1.29 is 4.74 Å². The van der Waals surface area contributed by atoms with Gasteiger partial charge >= 0.3 is 0 Å². The summed E-state index contributed by atoms with van der Waals surface area (Å²) in [5, 5.41) is 0. The average Bonchev–Trinajstić information content (AvgIpc) is 2.22. The van der Waals surface area contributed by atoms with Gasteiger partial charge in [0, 0.05) is 0 Å². The Morgan fingerprint density at radius 3 is 2.93 bits per heavy atom. The Morgan fingerprint density at radius 1 is 1.40 bits per heavy atom. The normalized spacial score (nSPS) is 26.3. The zero-order valence-corrected chi connectivity index (χ0v) is 10.5. The number of ether oxygens (including phenoxy) is 1. The summed E-state index contributed by atoms with van der Waals surface area (Å²) < 4.78 is 6.75. The van der Waals surface area contributed by atoms with Gasteiger partial charge in [0.25, 0.3) is 0 Å². The molecule has 82 valence electrons. The molecule has 0 aliphatic heterocycles. The lowest BCUT2D eigenvalue weighted by Gasteiger charge is -2.27. The van der Waals surface area contributed by atoms with Crippen LogP contribution in [0.4, 0.5) is 0 Å². The van der Waals surface area contributed by atoms with Crippen LogP contribution in [0.5, 0.6) is 5.75 Å². The fourth-order valence-electron chi connectivity index (χ4n) is 2.11. The minimum atomic E-state index is 0.386. The molecule has 0 saturated heterocycles. The monoisotopic (exact) mass is 269 g/mol. The maximum absolute atomic E-state index is 5.90. The van der Waals surface area contributed by atoms with Crippen LogP contribution >= 0.6 is 15.9 Å². The average molecular weight is 270 g/mol. The lowest BCUT2D eigenvalue weighted by atomic mass is 9.89.